The molecule has 0 aromatic carbocycles. The van der Waals surface area contributed by atoms with Gasteiger partial charge in [0.05, 0.1) is 12.7 Å². The number of aliphatic hydroxyl groups is 2. The summed E-state index contributed by atoms with van der Waals surface area (Å²) in [4.78, 5) is 47.7. The van der Waals surface area contributed by atoms with Crippen molar-refractivity contribution in [3.05, 3.63) is 46.6 Å². The molecule has 2 N–H and O–H groups in total. The van der Waals surface area contributed by atoms with E-state index >= 15 is 0 Å². The van der Waals surface area contributed by atoms with Crippen molar-refractivity contribution in [2.75, 3.05) is 13.2 Å². The lowest BCUT2D eigenvalue weighted by molar-refractivity contribution is -0.364. The second kappa shape index (κ2) is 23.5. The Morgan fingerprint density at radius 2 is 1.07 bits per heavy atom. The highest BCUT2D eigenvalue weighted by molar-refractivity contribution is 5.68. The predicted octanol–water partition coefficient (Wildman–Crippen LogP) is 5.08. The molecule has 0 aromatic rings. The van der Waals surface area contributed by atoms with Gasteiger partial charge in [0.2, 0.25) is 0 Å². The van der Waals surface area contributed by atoms with Gasteiger partial charge in [-0.05, 0) is 80.1 Å². The minimum absolute atomic E-state index is 0.0267. The van der Waals surface area contributed by atoms with Gasteiger partial charge in [0.25, 0.3) is 0 Å². The molecular formula is C40H62O14. The summed E-state index contributed by atoms with van der Waals surface area (Å²) >= 11 is 0. The van der Waals surface area contributed by atoms with Crippen LogP contribution in [0.25, 0.3) is 0 Å². The summed E-state index contributed by atoms with van der Waals surface area (Å²) in [5, 5.41) is 22.3. The lowest BCUT2D eigenvalue weighted by Crippen LogP contribution is -2.65. The maximum Gasteiger partial charge on any atom is 0.303 e. The van der Waals surface area contributed by atoms with Crippen molar-refractivity contribution in [2.45, 2.75) is 169 Å². The predicted molar refractivity (Wildman–Crippen MR) is 198 cm³/mol. The second-order valence-electron chi connectivity index (χ2n) is 14.2. The number of carbonyl (C=O) groups excluding carboxylic acids is 4. The molecule has 10 unspecified atom stereocenters. The molecule has 306 valence electrons. The van der Waals surface area contributed by atoms with Crippen molar-refractivity contribution in [2.24, 2.45) is 0 Å². The van der Waals surface area contributed by atoms with Crippen molar-refractivity contribution in [3.63, 3.8) is 0 Å². The number of allylic oxidation sites excluding steroid dienone is 7. The highest BCUT2D eigenvalue weighted by Gasteiger charge is 2.54. The number of hydrogen-bond donors (Lipinski definition) is 2. The fourth-order valence-electron chi connectivity index (χ4n) is 6.03. The molecule has 0 spiro atoms. The van der Waals surface area contributed by atoms with E-state index in [1.807, 2.05) is 13.0 Å². The van der Waals surface area contributed by atoms with E-state index in [0.717, 1.165) is 64.9 Å². The SMILES string of the molecule is CC(=O)OCC1OC(OC/C=C(\C)CC/C=C(\C)CC/C=C(\C)CCC=C(C)C)C(OC2OC(C)C(OC(C)=O)C(OC(C)=O)C2OC(C)=O)C(O)C1O. The smallest absolute Gasteiger partial charge is 0.303 e. The van der Waals surface area contributed by atoms with Crippen molar-refractivity contribution in [1.29, 1.82) is 0 Å². The summed E-state index contributed by atoms with van der Waals surface area (Å²) in [6.07, 6.45) is 0.700. The normalized spacial score (nSPS) is 29.2. The minimum atomic E-state index is -1.67. The molecule has 2 aliphatic rings. The van der Waals surface area contributed by atoms with Crippen LogP contribution in [0.2, 0.25) is 0 Å². The molecule has 0 aliphatic carbocycles. The van der Waals surface area contributed by atoms with E-state index in [-0.39, 0.29) is 13.2 Å². The Morgan fingerprint density at radius 3 is 1.59 bits per heavy atom. The molecule has 2 aliphatic heterocycles. The summed E-state index contributed by atoms with van der Waals surface area (Å²) in [6, 6.07) is 0. The topological polar surface area (TPSA) is 183 Å². The maximum atomic E-state index is 12.2. The molecule has 54 heavy (non-hydrogen) atoms. The van der Waals surface area contributed by atoms with Gasteiger partial charge >= 0.3 is 23.9 Å². The standard InChI is InChI=1S/C40H62O14/c1-23(2)14-11-15-24(3)16-12-17-25(4)18-13-19-26(5)20-21-47-39-36(34(46)33(45)32(53-39)22-48-28(7)41)54-40-38(52-31(10)44)37(51-30(9)43)35(27(6)49-40)50-29(8)42/h14,16,18,20,27,32-40,45-46H,11-13,15,17,19,21-22H2,1-10H3/b24-16+,25-18+,26-20+. The molecule has 2 rings (SSSR count). The van der Waals surface area contributed by atoms with Crippen LogP contribution in [0.5, 0.6) is 0 Å². The molecule has 0 aromatic heterocycles. The zero-order valence-electron chi connectivity index (χ0n) is 33.5. The largest absolute Gasteiger partial charge is 0.463 e. The second-order valence-corrected chi connectivity index (χ2v) is 14.2. The van der Waals surface area contributed by atoms with Crippen LogP contribution in [0.15, 0.2) is 46.6 Å². The fourth-order valence-corrected chi connectivity index (χ4v) is 6.03. The summed E-state index contributed by atoms with van der Waals surface area (Å²) in [6.45, 7) is 16.3. The maximum absolute atomic E-state index is 12.2. The Hall–Kier alpha value is -3.40. The summed E-state index contributed by atoms with van der Waals surface area (Å²) in [5.41, 5.74) is 5.10. The van der Waals surface area contributed by atoms with Crippen molar-refractivity contribution in [3.8, 4) is 0 Å². The zero-order chi connectivity index (χ0) is 40.5. The monoisotopic (exact) mass is 766 g/mol. The lowest BCUT2D eigenvalue weighted by atomic mass is 9.97. The molecule has 0 radical (unpaired) electrons. The van der Waals surface area contributed by atoms with Gasteiger partial charge in [-0.3, -0.25) is 19.2 Å². The van der Waals surface area contributed by atoms with Crippen LogP contribution in [0.4, 0.5) is 0 Å². The van der Waals surface area contributed by atoms with Crippen LogP contribution < -0.4 is 0 Å². The van der Waals surface area contributed by atoms with Crippen LogP contribution in [0.1, 0.15) is 108 Å². The van der Waals surface area contributed by atoms with Gasteiger partial charge in [-0.1, -0.05) is 46.6 Å². The third-order valence-electron chi connectivity index (χ3n) is 8.87. The number of hydrogen-bond acceptors (Lipinski definition) is 14. The molecule has 2 fully saturated rings. The van der Waals surface area contributed by atoms with Gasteiger partial charge in [-0.15, -0.1) is 0 Å². The summed E-state index contributed by atoms with van der Waals surface area (Å²) in [7, 11) is 0. The Bertz CT molecular complexity index is 1360. The average Bonchev–Trinajstić information content (AvgIpc) is 3.06. The first-order chi connectivity index (χ1) is 25.4. The van der Waals surface area contributed by atoms with Gasteiger partial charge in [-0.25, -0.2) is 0 Å². The molecule has 2 saturated heterocycles. The van der Waals surface area contributed by atoms with E-state index < -0.39 is 85.3 Å². The Labute approximate surface area is 319 Å². The van der Waals surface area contributed by atoms with Crippen molar-refractivity contribution < 1.29 is 67.3 Å². The third-order valence-corrected chi connectivity index (χ3v) is 8.87. The first-order valence-corrected chi connectivity index (χ1v) is 18.6. The minimum Gasteiger partial charge on any atom is -0.463 e. The molecule has 14 heteroatoms. The van der Waals surface area contributed by atoms with E-state index in [1.165, 1.54) is 30.6 Å². The quantitative estimate of drug-likeness (QED) is 0.101. The molecule has 2 heterocycles. The number of ether oxygens (including phenoxy) is 8. The first-order valence-electron chi connectivity index (χ1n) is 18.6. The van der Waals surface area contributed by atoms with E-state index in [0.29, 0.717) is 0 Å². The highest BCUT2D eigenvalue weighted by Crippen LogP contribution is 2.33. The van der Waals surface area contributed by atoms with E-state index in [1.54, 1.807) is 0 Å². The van der Waals surface area contributed by atoms with E-state index in [2.05, 4.69) is 45.9 Å². The van der Waals surface area contributed by atoms with Crippen LogP contribution in [-0.4, -0.2) is 109 Å². The molecule has 0 bridgehead atoms. The molecule has 10 atom stereocenters. The fraction of sp³-hybridized carbons (Fsp3) is 0.700. The van der Waals surface area contributed by atoms with Crippen LogP contribution in [0.3, 0.4) is 0 Å². The van der Waals surface area contributed by atoms with Crippen molar-refractivity contribution >= 4 is 23.9 Å². The van der Waals surface area contributed by atoms with Crippen molar-refractivity contribution in [1.82, 2.24) is 0 Å². The van der Waals surface area contributed by atoms with E-state index in [9.17, 15) is 29.4 Å². The highest BCUT2D eigenvalue weighted by atomic mass is 16.8. The Balaban J connectivity index is 2.19. The number of aliphatic hydroxyl groups excluding tert-OH is 2. The van der Waals surface area contributed by atoms with E-state index in [4.69, 9.17) is 37.9 Å². The molecule has 14 nitrogen and oxygen atoms in total. The summed E-state index contributed by atoms with van der Waals surface area (Å²) < 4.78 is 45.4. The van der Waals surface area contributed by atoms with Gasteiger partial charge in [0.1, 0.15) is 31.0 Å². The lowest BCUT2D eigenvalue weighted by Gasteiger charge is -2.47. The van der Waals surface area contributed by atoms with Crippen LogP contribution in [0, 0.1) is 0 Å². The zero-order valence-corrected chi connectivity index (χ0v) is 33.5. The Morgan fingerprint density at radius 1 is 0.574 bits per heavy atom. The first kappa shape index (κ1) is 46.8. The Kier molecular flexibility index (Phi) is 20.4. The van der Waals surface area contributed by atoms with Crippen LogP contribution >= 0.6 is 0 Å². The third kappa shape index (κ3) is 16.5. The number of carbonyl (C=O) groups is 4. The number of rotatable bonds is 19. The average molecular weight is 767 g/mol. The number of esters is 4. The molecule has 0 saturated carbocycles. The van der Waals surface area contributed by atoms with Gasteiger partial charge < -0.3 is 48.1 Å². The molecule has 0 amide bonds. The van der Waals surface area contributed by atoms with Gasteiger partial charge in [0.15, 0.2) is 30.9 Å². The summed E-state index contributed by atoms with van der Waals surface area (Å²) in [5.74, 6) is -2.86. The van der Waals surface area contributed by atoms with Crippen LogP contribution in [-0.2, 0) is 57.1 Å². The van der Waals surface area contributed by atoms with Gasteiger partial charge in [-0.2, -0.15) is 0 Å². The molecular weight excluding hydrogens is 704 g/mol. The van der Waals surface area contributed by atoms with Gasteiger partial charge in [0, 0.05) is 27.7 Å².